The summed E-state index contributed by atoms with van der Waals surface area (Å²) in [5.74, 6) is -0.549. The van der Waals surface area contributed by atoms with Gasteiger partial charge in [0.05, 0.1) is 32.0 Å². The molecule has 0 fully saturated rings. The molecular weight excluding hydrogens is 818 g/mol. The van der Waals surface area contributed by atoms with Crippen LogP contribution in [0.5, 0.6) is 0 Å². The highest BCUT2D eigenvalue weighted by Crippen LogP contribution is 2.43. The van der Waals surface area contributed by atoms with Gasteiger partial charge in [0.1, 0.15) is 12.7 Å². The van der Waals surface area contributed by atoms with E-state index in [9.17, 15) is 38.9 Å². The Morgan fingerprint density at radius 3 is 1.58 bits per heavy atom. The summed E-state index contributed by atoms with van der Waals surface area (Å²) < 4.78 is 47.6. The first-order valence-corrected chi connectivity index (χ1v) is 24.9. The van der Waals surface area contributed by atoms with Crippen molar-refractivity contribution in [2.24, 2.45) is 5.92 Å². The molecule has 15 nitrogen and oxygen atoms in total. The number of aliphatic hydroxyl groups is 3. The van der Waals surface area contributed by atoms with E-state index in [1.165, 1.54) is 44.9 Å². The first-order chi connectivity index (χ1) is 28.5. The van der Waals surface area contributed by atoms with Crippen LogP contribution in [0.15, 0.2) is 48.6 Å². The largest absolute Gasteiger partial charge is 0.472 e. The predicted molar refractivity (Wildman–Crippen MR) is 233 cm³/mol. The number of aliphatic hydroxyl groups excluding tert-OH is 3. The highest BCUT2D eigenvalue weighted by molar-refractivity contribution is 7.47. The van der Waals surface area contributed by atoms with Crippen LogP contribution >= 0.6 is 15.6 Å². The molecule has 0 rings (SSSR count). The number of carbonyl (C=O) groups is 2. The molecule has 0 aromatic carbocycles. The summed E-state index contributed by atoms with van der Waals surface area (Å²) in [7, 11) is -9.79. The molecule has 0 saturated heterocycles. The van der Waals surface area contributed by atoms with Gasteiger partial charge in [-0.05, 0) is 57.3 Å². The zero-order valence-electron chi connectivity index (χ0n) is 36.4. The van der Waals surface area contributed by atoms with Crippen molar-refractivity contribution < 1.29 is 71.8 Å². The van der Waals surface area contributed by atoms with E-state index in [-0.39, 0.29) is 32.1 Å². The SMILES string of the molecule is CC/C=C\C/C=C\C/C=C\C/C=C\C[C@@H](O)[C@H](O)CCCC(=O)O[C@H](COC(=O)CCCCCCCCCCCCCC(C)C)COP(=O)(O)OC[C@@H](O)COP(=O)(O)O. The van der Waals surface area contributed by atoms with Gasteiger partial charge in [0.15, 0.2) is 6.10 Å². The van der Waals surface area contributed by atoms with Crippen LogP contribution < -0.4 is 0 Å². The summed E-state index contributed by atoms with van der Waals surface area (Å²) in [6.07, 6.45) is 28.6. The molecule has 350 valence electrons. The van der Waals surface area contributed by atoms with E-state index < -0.39 is 78.4 Å². The average molecular weight is 897 g/mol. The second-order valence-electron chi connectivity index (χ2n) is 15.4. The number of hydrogen-bond acceptors (Lipinski definition) is 12. The van der Waals surface area contributed by atoms with E-state index in [1.807, 2.05) is 12.2 Å². The van der Waals surface area contributed by atoms with Gasteiger partial charge in [-0.3, -0.25) is 23.2 Å². The number of ether oxygens (including phenoxy) is 2. The maximum Gasteiger partial charge on any atom is 0.472 e. The second-order valence-corrected chi connectivity index (χ2v) is 18.1. The first-order valence-electron chi connectivity index (χ1n) is 21.9. The third-order valence-corrected chi connectivity index (χ3v) is 10.5. The lowest BCUT2D eigenvalue weighted by Crippen LogP contribution is -2.30. The maximum atomic E-state index is 12.7. The van der Waals surface area contributed by atoms with Crippen LogP contribution in [0.3, 0.4) is 0 Å². The molecule has 0 amide bonds. The molecule has 0 aromatic heterocycles. The van der Waals surface area contributed by atoms with Crippen molar-refractivity contribution in [2.45, 2.75) is 180 Å². The van der Waals surface area contributed by atoms with Gasteiger partial charge in [-0.15, -0.1) is 0 Å². The molecule has 60 heavy (non-hydrogen) atoms. The van der Waals surface area contributed by atoms with E-state index in [4.69, 9.17) is 23.8 Å². The summed E-state index contributed by atoms with van der Waals surface area (Å²) in [5, 5.41) is 30.5. The smallest absolute Gasteiger partial charge is 0.462 e. The van der Waals surface area contributed by atoms with Gasteiger partial charge in [-0.1, -0.05) is 140 Å². The quantitative estimate of drug-likeness (QED) is 0.0146. The molecule has 1 unspecified atom stereocenters. The van der Waals surface area contributed by atoms with E-state index in [0.29, 0.717) is 12.8 Å². The average Bonchev–Trinajstić information content (AvgIpc) is 3.19. The summed E-state index contributed by atoms with van der Waals surface area (Å²) in [6, 6.07) is 0. The number of unbranched alkanes of at least 4 members (excludes halogenated alkanes) is 10. The van der Waals surface area contributed by atoms with Crippen molar-refractivity contribution >= 4 is 27.6 Å². The monoisotopic (exact) mass is 896 g/mol. The fourth-order valence-electron chi connectivity index (χ4n) is 5.68. The molecule has 0 aliphatic heterocycles. The van der Waals surface area contributed by atoms with Crippen LogP contribution in [0.25, 0.3) is 0 Å². The lowest BCUT2D eigenvalue weighted by molar-refractivity contribution is -0.161. The van der Waals surface area contributed by atoms with Gasteiger partial charge in [-0.25, -0.2) is 9.13 Å². The van der Waals surface area contributed by atoms with E-state index in [2.05, 4.69) is 60.2 Å². The van der Waals surface area contributed by atoms with Gasteiger partial charge in [0.25, 0.3) is 0 Å². The van der Waals surface area contributed by atoms with Gasteiger partial charge < -0.3 is 39.5 Å². The lowest BCUT2D eigenvalue weighted by Gasteiger charge is -2.21. The number of hydrogen-bond donors (Lipinski definition) is 6. The first kappa shape index (κ1) is 58.0. The Kier molecular flexibility index (Phi) is 36.3. The zero-order valence-corrected chi connectivity index (χ0v) is 38.2. The van der Waals surface area contributed by atoms with E-state index >= 15 is 0 Å². The minimum atomic E-state index is -4.90. The van der Waals surface area contributed by atoms with Crippen molar-refractivity contribution in [1.29, 1.82) is 0 Å². The normalized spacial score (nSPS) is 15.6. The third-order valence-electron chi connectivity index (χ3n) is 9.10. The van der Waals surface area contributed by atoms with Crippen LogP contribution in [0.1, 0.15) is 156 Å². The van der Waals surface area contributed by atoms with Gasteiger partial charge in [0, 0.05) is 12.8 Å². The summed E-state index contributed by atoms with van der Waals surface area (Å²) >= 11 is 0. The van der Waals surface area contributed by atoms with Gasteiger partial charge >= 0.3 is 27.6 Å². The number of phosphoric acid groups is 2. The van der Waals surface area contributed by atoms with Crippen molar-refractivity contribution in [2.75, 3.05) is 26.4 Å². The van der Waals surface area contributed by atoms with Crippen LogP contribution in [0, 0.1) is 5.92 Å². The maximum absolute atomic E-state index is 12.7. The van der Waals surface area contributed by atoms with E-state index in [0.717, 1.165) is 50.9 Å². The standard InChI is InChI=1S/C43H78O15P2/c1-4-5-6-7-8-9-10-13-16-19-22-25-29-40(45)41(46)30-27-32-43(48)58-39(36-57-60(52,53)56-34-38(44)33-55-59(49,50)51)35-54-42(47)31-26-23-20-17-14-11-12-15-18-21-24-28-37(2)3/h5-6,8-9,13,16,22,25,37-41,44-46H,4,7,10-12,14-15,17-21,23-24,26-36H2,1-3H3,(H,52,53)(H2,49,50,51)/b6-5-,9-8-,16-13-,25-22-/t38-,39+,40+,41+/m0/s1. The summed E-state index contributed by atoms with van der Waals surface area (Å²) in [4.78, 5) is 52.7. The van der Waals surface area contributed by atoms with Crippen LogP contribution in [0.4, 0.5) is 0 Å². The fraction of sp³-hybridized carbons (Fsp3) is 0.767. The van der Waals surface area contributed by atoms with Crippen molar-refractivity contribution in [3.8, 4) is 0 Å². The molecule has 5 atom stereocenters. The Balaban J connectivity index is 4.77. The molecule has 6 N–H and O–H groups in total. The lowest BCUT2D eigenvalue weighted by atomic mass is 10.0. The van der Waals surface area contributed by atoms with Gasteiger partial charge in [0.2, 0.25) is 0 Å². The molecule has 0 aliphatic carbocycles. The third kappa shape index (κ3) is 40.1. The zero-order chi connectivity index (χ0) is 44.9. The molecule has 0 aliphatic rings. The second kappa shape index (κ2) is 37.5. The Hall–Kier alpha value is -2.00. The summed E-state index contributed by atoms with van der Waals surface area (Å²) in [5.41, 5.74) is 0. The number of rotatable bonds is 40. The molecule has 0 saturated carbocycles. The van der Waals surface area contributed by atoms with E-state index in [1.54, 1.807) is 6.08 Å². The number of esters is 2. The molecule has 0 heterocycles. The number of phosphoric ester groups is 2. The molecule has 0 radical (unpaired) electrons. The molecular formula is C43H78O15P2. The Morgan fingerprint density at radius 2 is 1.03 bits per heavy atom. The highest BCUT2D eigenvalue weighted by Gasteiger charge is 2.28. The fourth-order valence-corrected chi connectivity index (χ4v) is 6.83. The minimum absolute atomic E-state index is 0.0895. The number of carbonyl (C=O) groups excluding carboxylic acids is 2. The molecule has 0 bridgehead atoms. The number of allylic oxidation sites excluding steroid dienone is 7. The van der Waals surface area contributed by atoms with Gasteiger partial charge in [-0.2, -0.15) is 0 Å². The van der Waals surface area contributed by atoms with Crippen molar-refractivity contribution in [1.82, 2.24) is 0 Å². The molecule has 17 heteroatoms. The Morgan fingerprint density at radius 1 is 0.550 bits per heavy atom. The minimum Gasteiger partial charge on any atom is -0.462 e. The van der Waals surface area contributed by atoms with Crippen LogP contribution in [-0.4, -0.2) is 92.8 Å². The Labute approximate surface area is 359 Å². The van der Waals surface area contributed by atoms with Crippen LogP contribution in [-0.2, 0) is 41.8 Å². The Bertz CT molecular complexity index is 1300. The summed E-state index contributed by atoms with van der Waals surface area (Å²) in [6.45, 7) is 3.60. The highest BCUT2D eigenvalue weighted by atomic mass is 31.2. The van der Waals surface area contributed by atoms with Crippen LogP contribution in [0.2, 0.25) is 0 Å². The van der Waals surface area contributed by atoms with Crippen molar-refractivity contribution in [3.05, 3.63) is 48.6 Å². The topological polar surface area (TPSA) is 236 Å². The molecule has 0 spiro atoms. The molecule has 0 aromatic rings. The van der Waals surface area contributed by atoms with Crippen molar-refractivity contribution in [3.63, 3.8) is 0 Å². The predicted octanol–water partition coefficient (Wildman–Crippen LogP) is 8.86.